The molecule has 0 radical (unpaired) electrons. The van der Waals surface area contributed by atoms with E-state index in [-0.39, 0.29) is 72.9 Å². The van der Waals surface area contributed by atoms with E-state index in [1.807, 2.05) is 36.8 Å². The maximum Gasteiger partial charge on any atom is 0.254 e. The number of carbonyl (C=O) groups excluding carboxylic acids is 2. The van der Waals surface area contributed by atoms with Gasteiger partial charge in [0.25, 0.3) is 5.91 Å². The zero-order chi connectivity index (χ0) is 39.7. The fourth-order valence-electron chi connectivity index (χ4n) is 9.55. The Morgan fingerprint density at radius 2 is 2.02 bits per heavy atom. The molecule has 58 heavy (non-hydrogen) atoms. The van der Waals surface area contributed by atoms with Gasteiger partial charge in [0.15, 0.2) is 23.7 Å². The van der Waals surface area contributed by atoms with Crippen molar-refractivity contribution in [1.29, 1.82) is 0 Å². The molecule has 0 unspecified atom stereocenters. The zero-order valence-corrected chi connectivity index (χ0v) is 31.7. The Morgan fingerprint density at radius 3 is 2.90 bits per heavy atom. The number of fused-ring (bicyclic) bond motifs is 10. The average molecular weight is 782 g/mol. The van der Waals surface area contributed by atoms with Crippen LogP contribution in [0.4, 0.5) is 0 Å². The zero-order valence-electron chi connectivity index (χ0n) is 31.7. The van der Waals surface area contributed by atoms with Gasteiger partial charge < -0.3 is 43.9 Å². The van der Waals surface area contributed by atoms with Crippen LogP contribution in [0.5, 0.6) is 17.2 Å². The first-order valence-corrected chi connectivity index (χ1v) is 19.7. The first kappa shape index (κ1) is 36.5. The van der Waals surface area contributed by atoms with E-state index in [1.165, 1.54) is 12.0 Å². The fourth-order valence-corrected chi connectivity index (χ4v) is 9.55. The van der Waals surface area contributed by atoms with Crippen LogP contribution in [0, 0.1) is 24.4 Å². The number of hydrogen-bond acceptors (Lipinski definition) is 11. The molecule has 10 rings (SSSR count). The molecular formula is C46H41N2O10+. The summed E-state index contributed by atoms with van der Waals surface area (Å²) in [6, 6.07) is 8.75. The summed E-state index contributed by atoms with van der Waals surface area (Å²) < 4.78 is 30.5. The Kier molecular flexibility index (Phi) is 9.14. The fraction of sp³-hybridized carbons (Fsp3) is 0.348. The van der Waals surface area contributed by atoms with Gasteiger partial charge in [0.2, 0.25) is 6.29 Å². The number of allylic oxidation sites excluding steroid dienone is 5. The molecule has 3 aromatic carbocycles. The number of aromatic hydroxyl groups is 1. The lowest BCUT2D eigenvalue weighted by Gasteiger charge is -2.41. The number of methoxy groups -OCH3 is 1. The number of aliphatic hydroxyl groups excluding tert-OH is 2. The van der Waals surface area contributed by atoms with E-state index in [0.717, 1.165) is 58.4 Å². The van der Waals surface area contributed by atoms with E-state index in [4.69, 9.17) is 23.7 Å². The molecule has 1 saturated heterocycles. The summed E-state index contributed by atoms with van der Waals surface area (Å²) in [5.74, 6) is 2.70. The van der Waals surface area contributed by atoms with E-state index in [1.54, 1.807) is 30.5 Å². The van der Waals surface area contributed by atoms with Crippen molar-refractivity contribution in [1.82, 2.24) is 4.90 Å². The van der Waals surface area contributed by atoms with Gasteiger partial charge >= 0.3 is 0 Å². The highest BCUT2D eigenvalue weighted by Crippen LogP contribution is 2.53. The Hall–Kier alpha value is -5.84. The Bertz CT molecular complexity index is 2490. The minimum atomic E-state index is -1.57. The Labute approximate surface area is 334 Å². The average Bonchev–Trinajstić information content (AvgIpc) is 3.96. The standard InChI is InChI=1S/C46H40N2O10/c1-54-27-17-32-30-15-14-25-8-4-11-29(25)38(30)40-35(49)21-48-20-33-24(7-5-12-31(33)45(48)53)9-6-16-56-44-41(50)37(23-55-22-26-19-47-34-13-3-2-10-28(26)34)58-46(43(44)52)57-36(18-27)39(32)42(40)51/h2-3,5,7,10,12-15,17-19,25,29,37,41,43-44,46,50,52H,4,8-9,11,20-23H2,1H3/p+1/t25-,29-,37-,41-,43-,44+,46+/m1/s1. The minimum absolute atomic E-state index is 0.00914. The summed E-state index contributed by atoms with van der Waals surface area (Å²) in [6.45, 7) is 0.0251. The number of hydrogen-bond donors (Lipinski definition) is 3. The Morgan fingerprint density at radius 1 is 1.12 bits per heavy atom. The van der Waals surface area contributed by atoms with Gasteiger partial charge in [-0.2, -0.15) is 4.99 Å². The largest absolute Gasteiger partial charge is 0.506 e. The molecular weight excluding hydrogens is 741 g/mol. The van der Waals surface area contributed by atoms with Crippen LogP contribution in [0.25, 0.3) is 16.8 Å². The van der Waals surface area contributed by atoms with Crippen molar-refractivity contribution in [3.05, 3.63) is 111 Å². The van der Waals surface area contributed by atoms with Crippen LogP contribution in [-0.2, 0) is 27.2 Å². The van der Waals surface area contributed by atoms with E-state index in [9.17, 15) is 24.9 Å². The molecule has 4 aliphatic heterocycles. The number of ether oxygens (including phenoxy) is 5. The number of phenols is 1. The summed E-state index contributed by atoms with van der Waals surface area (Å²) in [5, 5.41) is 36.7. The van der Waals surface area contributed by atoms with Crippen molar-refractivity contribution in [3.8, 4) is 29.3 Å². The predicted molar refractivity (Wildman–Crippen MR) is 212 cm³/mol. The molecule has 4 heterocycles. The number of aliphatic imine (C=N–C) groups is 1. The second-order valence-electron chi connectivity index (χ2n) is 15.7. The van der Waals surface area contributed by atoms with Crippen molar-refractivity contribution >= 4 is 34.8 Å². The van der Waals surface area contributed by atoms with Crippen molar-refractivity contribution in [2.75, 3.05) is 26.9 Å². The molecule has 7 atom stereocenters. The maximum absolute atomic E-state index is 14.7. The number of ketones is 1. The summed E-state index contributed by atoms with van der Waals surface area (Å²) in [5.41, 5.74) is 6.36. The number of phenolic OH excluding ortho intramolecular Hbond substituents is 1. The van der Waals surface area contributed by atoms with Crippen LogP contribution >= 0.6 is 0 Å². The van der Waals surface area contributed by atoms with E-state index < -0.39 is 36.5 Å². The van der Waals surface area contributed by atoms with Gasteiger partial charge in [-0.05, 0) is 59.1 Å². The first-order chi connectivity index (χ1) is 28.3. The molecule has 3 N–H and O–H groups in total. The third kappa shape index (κ3) is 6.00. The van der Waals surface area contributed by atoms with E-state index in [0.29, 0.717) is 16.7 Å². The molecule has 0 aromatic heterocycles. The highest BCUT2D eigenvalue weighted by molar-refractivity contribution is 6.13. The van der Waals surface area contributed by atoms with Gasteiger partial charge in [-0.3, -0.25) is 9.59 Å². The van der Waals surface area contributed by atoms with E-state index >= 15 is 0 Å². The predicted octanol–water partition coefficient (Wildman–Crippen LogP) is 5.09. The lowest BCUT2D eigenvalue weighted by Crippen LogP contribution is -2.60. The third-order valence-corrected chi connectivity index (χ3v) is 12.4. The lowest BCUT2D eigenvalue weighted by molar-refractivity contribution is -0.278. The van der Waals surface area contributed by atoms with Crippen molar-refractivity contribution < 1.29 is 48.6 Å². The molecule has 6 bridgehead atoms. The minimum Gasteiger partial charge on any atom is -0.506 e. The van der Waals surface area contributed by atoms with Crippen molar-refractivity contribution in [3.63, 3.8) is 0 Å². The molecule has 0 spiro atoms. The topological polar surface area (TPSA) is 157 Å². The number of benzene rings is 3. The second-order valence-corrected chi connectivity index (χ2v) is 15.7. The molecule has 12 nitrogen and oxygen atoms in total. The van der Waals surface area contributed by atoms with Crippen LogP contribution in [0.3, 0.4) is 0 Å². The summed E-state index contributed by atoms with van der Waals surface area (Å²) in [7, 11) is 1.52. The normalized spacial score (nSPS) is 27.8. The van der Waals surface area contributed by atoms with Crippen LogP contribution in [0.15, 0.2) is 76.5 Å². The first-order valence-electron chi connectivity index (χ1n) is 19.7. The summed E-state index contributed by atoms with van der Waals surface area (Å²) in [4.78, 5) is 34.5. The molecule has 3 aliphatic carbocycles. The van der Waals surface area contributed by atoms with Crippen LogP contribution in [0.1, 0.15) is 68.2 Å². The molecule has 12 heteroatoms. The quantitative estimate of drug-likeness (QED) is 0.236. The Balaban J connectivity index is 1.08. The monoisotopic (exact) mass is 781 g/mol. The van der Waals surface area contributed by atoms with Crippen LogP contribution < -0.4 is 9.47 Å². The lowest BCUT2D eigenvalue weighted by atomic mass is 9.76. The summed E-state index contributed by atoms with van der Waals surface area (Å²) >= 11 is 0. The van der Waals surface area contributed by atoms with Gasteiger partial charge in [0.1, 0.15) is 47.7 Å². The summed E-state index contributed by atoms with van der Waals surface area (Å²) in [6.07, 6.45) is 12.5. The number of amides is 1. The number of aliphatic hydroxyl groups is 2. The van der Waals surface area contributed by atoms with Gasteiger partial charge in [-0.1, -0.05) is 36.6 Å². The number of carbonyl (C=O) groups is 2. The molecule has 3 aromatic rings. The molecule has 7 aliphatic rings. The highest BCUT2D eigenvalue weighted by atomic mass is 16.7. The second kappa shape index (κ2) is 14.5. The SMILES string of the molecule is COc1cc2c3c(O)c(c4c(c3c1)C=C[C@H]1CCC[C@@H]41)C(=O)CN1Cc3c(cccc3C1=O)CC#CO[C@@H]1[C@@H](O)[C@@H](O2)O[C@H](COCC2=C3[CH+]C=CC=C3N=C2)[C@H]1O. The number of nitrogens with zero attached hydrogens (tertiary/aromatic N) is 2. The van der Waals surface area contributed by atoms with Gasteiger partial charge in [-0.25, -0.2) is 0 Å². The molecule has 294 valence electrons. The van der Waals surface area contributed by atoms with Crippen molar-refractivity contribution in [2.45, 2.75) is 68.9 Å². The van der Waals surface area contributed by atoms with Crippen LogP contribution in [-0.4, -0.2) is 95.7 Å². The van der Waals surface area contributed by atoms with Gasteiger partial charge in [-0.15, -0.1) is 0 Å². The molecule has 1 saturated carbocycles. The van der Waals surface area contributed by atoms with E-state index in [2.05, 4.69) is 23.1 Å². The van der Waals surface area contributed by atoms with Gasteiger partial charge in [0, 0.05) is 54.6 Å². The molecule has 1 amide bonds. The van der Waals surface area contributed by atoms with Crippen LogP contribution in [0.2, 0.25) is 0 Å². The smallest absolute Gasteiger partial charge is 0.254 e. The molecule has 2 fully saturated rings. The van der Waals surface area contributed by atoms with Gasteiger partial charge in [0.05, 0.1) is 43.0 Å². The number of rotatable bonds is 5. The maximum atomic E-state index is 14.7. The third-order valence-electron chi connectivity index (χ3n) is 12.4. The van der Waals surface area contributed by atoms with Crippen molar-refractivity contribution in [2.24, 2.45) is 10.9 Å². The highest BCUT2D eigenvalue weighted by Gasteiger charge is 2.48. The number of Topliss-reactive ketones (excluding diaryl/α,β-unsaturated/α-hetero) is 1.